The molecule has 3 aromatic carbocycles. The molecule has 5 rings (SSSR count). The zero-order valence-corrected chi connectivity index (χ0v) is 25.6. The molecule has 1 fully saturated rings. The van der Waals surface area contributed by atoms with Crippen LogP contribution >= 0.6 is 0 Å². The van der Waals surface area contributed by atoms with Crippen LogP contribution in [-0.2, 0) is 15.8 Å². The molecule has 14 heteroatoms. The first-order chi connectivity index (χ1) is 22.9. The number of carbonyl (C=O) groups is 4. The maximum Gasteiger partial charge on any atom is 0.416 e. The molecule has 1 atom stereocenters. The van der Waals surface area contributed by atoms with E-state index in [-0.39, 0.29) is 40.3 Å². The Morgan fingerprint density at radius 2 is 1.54 bits per heavy atom. The van der Waals surface area contributed by atoms with Gasteiger partial charge in [0.05, 0.1) is 23.6 Å². The smallest absolute Gasteiger partial charge is 0.327 e. The number of likely N-dealkylation sites (tertiary alicyclic amines) is 1. The van der Waals surface area contributed by atoms with Crippen molar-refractivity contribution in [3.63, 3.8) is 0 Å². The van der Waals surface area contributed by atoms with Crippen LogP contribution in [-0.4, -0.2) is 51.1 Å². The van der Waals surface area contributed by atoms with Gasteiger partial charge in [0.2, 0.25) is 17.8 Å². The summed E-state index contributed by atoms with van der Waals surface area (Å²) in [6.07, 6.45) is 0.663. The quantitative estimate of drug-likeness (QED) is 0.158. The van der Waals surface area contributed by atoms with Gasteiger partial charge in [-0.3, -0.25) is 19.2 Å². The number of amides is 4. The highest BCUT2D eigenvalue weighted by atomic mass is 19.4. The van der Waals surface area contributed by atoms with Crippen molar-refractivity contribution in [3.8, 4) is 0 Å². The van der Waals surface area contributed by atoms with Crippen LogP contribution in [0.25, 0.3) is 0 Å². The fraction of sp³-hybridized carbons (Fsp3) is 0.176. The standard InChI is InChI=1S/C34H30F3N7O4/c1-3-29(45)44-14-6-11-28(44)32(48)41-23-9-5-10-24(16-23)43-33-38-18-26(19-39-33)42-31(47)27-17-25(13-12-20(27)2)40-30(46)21-7-4-8-22(15-21)34(35,36)37/h3-5,7-10,12-13,15-19,28H,1,6,11,14H2,2H3,(H,40,46)(H,41,48)(H,42,47)(H,38,39,43). The minimum Gasteiger partial charge on any atom is -0.327 e. The van der Waals surface area contributed by atoms with Gasteiger partial charge in [0.25, 0.3) is 11.8 Å². The molecule has 11 nitrogen and oxygen atoms in total. The number of carbonyl (C=O) groups excluding carboxylic acids is 4. The van der Waals surface area contributed by atoms with E-state index >= 15 is 0 Å². The Hall–Kier alpha value is -6.05. The molecule has 1 aromatic heterocycles. The second-order valence-electron chi connectivity index (χ2n) is 10.9. The SMILES string of the molecule is C=CC(=O)N1CCCC1C(=O)Nc1cccc(Nc2ncc(NC(=O)c3cc(NC(=O)c4cccc(C(F)(F)F)c4)ccc3C)cn2)c1. The number of benzene rings is 3. The first kappa shape index (κ1) is 33.3. The zero-order valence-electron chi connectivity index (χ0n) is 25.6. The molecule has 4 N–H and O–H groups in total. The predicted octanol–water partition coefficient (Wildman–Crippen LogP) is 6.17. The Morgan fingerprint density at radius 3 is 2.27 bits per heavy atom. The van der Waals surface area contributed by atoms with Crippen molar-refractivity contribution in [1.82, 2.24) is 14.9 Å². The first-order valence-electron chi connectivity index (χ1n) is 14.7. The van der Waals surface area contributed by atoms with Gasteiger partial charge in [-0.15, -0.1) is 0 Å². The van der Waals surface area contributed by atoms with Gasteiger partial charge >= 0.3 is 6.18 Å². The van der Waals surface area contributed by atoms with Gasteiger partial charge in [-0.2, -0.15) is 13.2 Å². The van der Waals surface area contributed by atoms with Crippen molar-refractivity contribution in [2.45, 2.75) is 32.0 Å². The molecule has 0 bridgehead atoms. The van der Waals surface area contributed by atoms with E-state index in [0.29, 0.717) is 29.9 Å². The second kappa shape index (κ2) is 14.2. The summed E-state index contributed by atoms with van der Waals surface area (Å²) in [6, 6.07) is 14.9. The van der Waals surface area contributed by atoms with E-state index < -0.39 is 29.6 Å². The van der Waals surface area contributed by atoms with Crippen molar-refractivity contribution < 1.29 is 32.3 Å². The third-order valence-corrected chi connectivity index (χ3v) is 7.50. The molecule has 246 valence electrons. The molecule has 4 aromatic rings. The molecule has 0 radical (unpaired) electrons. The van der Waals surface area contributed by atoms with E-state index in [0.717, 1.165) is 24.6 Å². The molecule has 1 aliphatic rings. The number of hydrogen-bond acceptors (Lipinski definition) is 7. The third kappa shape index (κ3) is 8.02. The molecule has 0 spiro atoms. The van der Waals surface area contributed by atoms with Crippen LogP contribution in [0, 0.1) is 6.92 Å². The predicted molar refractivity (Wildman–Crippen MR) is 174 cm³/mol. The van der Waals surface area contributed by atoms with E-state index in [9.17, 15) is 32.3 Å². The Morgan fingerprint density at radius 1 is 0.854 bits per heavy atom. The van der Waals surface area contributed by atoms with Gasteiger partial charge in [0, 0.05) is 34.7 Å². The van der Waals surface area contributed by atoms with Gasteiger partial charge < -0.3 is 26.2 Å². The summed E-state index contributed by atoms with van der Waals surface area (Å²) >= 11 is 0. The summed E-state index contributed by atoms with van der Waals surface area (Å²) in [7, 11) is 0. The highest BCUT2D eigenvalue weighted by molar-refractivity contribution is 6.08. The molecule has 1 aliphatic heterocycles. The largest absolute Gasteiger partial charge is 0.416 e. The van der Waals surface area contributed by atoms with Crippen molar-refractivity contribution in [3.05, 3.63) is 114 Å². The van der Waals surface area contributed by atoms with Crippen LogP contribution < -0.4 is 21.3 Å². The van der Waals surface area contributed by atoms with Gasteiger partial charge in [-0.05, 0) is 79.9 Å². The van der Waals surface area contributed by atoms with Crippen LogP contribution in [0.4, 0.5) is 41.9 Å². The lowest BCUT2D eigenvalue weighted by molar-refractivity contribution is -0.137. The Bertz CT molecular complexity index is 1880. The highest BCUT2D eigenvalue weighted by Gasteiger charge is 2.33. The highest BCUT2D eigenvalue weighted by Crippen LogP contribution is 2.30. The molecular formula is C34H30F3N7O4. The Kier molecular flexibility index (Phi) is 9.83. The van der Waals surface area contributed by atoms with E-state index in [1.54, 1.807) is 37.3 Å². The topological polar surface area (TPSA) is 145 Å². The van der Waals surface area contributed by atoms with Crippen LogP contribution in [0.3, 0.4) is 0 Å². The van der Waals surface area contributed by atoms with Crippen molar-refractivity contribution >= 4 is 52.3 Å². The first-order valence-corrected chi connectivity index (χ1v) is 14.7. The zero-order chi connectivity index (χ0) is 34.4. The maximum absolute atomic E-state index is 13.1. The van der Waals surface area contributed by atoms with Crippen LogP contribution in [0.5, 0.6) is 0 Å². The minimum atomic E-state index is -4.60. The van der Waals surface area contributed by atoms with Gasteiger partial charge in [0.1, 0.15) is 6.04 Å². The summed E-state index contributed by atoms with van der Waals surface area (Å²) < 4.78 is 39.2. The number of nitrogens with one attached hydrogen (secondary N) is 4. The van der Waals surface area contributed by atoms with E-state index in [4.69, 9.17) is 0 Å². The summed E-state index contributed by atoms with van der Waals surface area (Å²) in [5.74, 6) is -1.66. The summed E-state index contributed by atoms with van der Waals surface area (Å²) in [5, 5.41) is 11.1. The molecule has 0 aliphatic carbocycles. The van der Waals surface area contributed by atoms with Gasteiger partial charge in [-0.25, -0.2) is 9.97 Å². The summed E-state index contributed by atoms with van der Waals surface area (Å²) in [4.78, 5) is 60.6. The molecule has 1 saturated heterocycles. The van der Waals surface area contributed by atoms with Crippen molar-refractivity contribution in [2.75, 3.05) is 27.8 Å². The number of rotatable bonds is 9. The molecule has 4 amide bonds. The van der Waals surface area contributed by atoms with Gasteiger partial charge in [0.15, 0.2) is 0 Å². The Labute approximate surface area is 273 Å². The third-order valence-electron chi connectivity index (χ3n) is 7.50. The average molecular weight is 658 g/mol. The number of nitrogens with zero attached hydrogens (tertiary/aromatic N) is 3. The van der Waals surface area contributed by atoms with Crippen LogP contribution in [0.15, 0.2) is 91.8 Å². The number of aromatic nitrogens is 2. The molecule has 1 unspecified atom stereocenters. The molecular weight excluding hydrogens is 627 g/mol. The van der Waals surface area contributed by atoms with Crippen molar-refractivity contribution in [2.24, 2.45) is 0 Å². The normalized spacial score (nSPS) is 14.2. The minimum absolute atomic E-state index is 0.184. The molecule has 48 heavy (non-hydrogen) atoms. The van der Waals surface area contributed by atoms with Crippen LogP contribution in [0.2, 0.25) is 0 Å². The lowest BCUT2D eigenvalue weighted by atomic mass is 10.1. The molecule has 2 heterocycles. The van der Waals surface area contributed by atoms with E-state index in [1.807, 2.05) is 0 Å². The number of hydrogen-bond donors (Lipinski definition) is 4. The lowest BCUT2D eigenvalue weighted by Crippen LogP contribution is -2.42. The van der Waals surface area contributed by atoms with E-state index in [2.05, 4.69) is 37.8 Å². The number of aryl methyl sites for hydroxylation is 1. The van der Waals surface area contributed by atoms with Crippen LogP contribution in [0.1, 0.15) is 44.7 Å². The number of halogens is 3. The maximum atomic E-state index is 13.1. The van der Waals surface area contributed by atoms with Gasteiger partial charge in [-0.1, -0.05) is 24.8 Å². The number of anilines is 5. The summed E-state index contributed by atoms with van der Waals surface area (Å²) in [6.45, 7) is 5.69. The molecule has 0 saturated carbocycles. The number of alkyl halides is 3. The average Bonchev–Trinajstić information content (AvgIpc) is 3.56. The Balaban J connectivity index is 1.19. The second-order valence-corrected chi connectivity index (χ2v) is 10.9. The van der Waals surface area contributed by atoms with Crippen molar-refractivity contribution in [1.29, 1.82) is 0 Å². The monoisotopic (exact) mass is 657 g/mol. The fourth-order valence-corrected chi connectivity index (χ4v) is 5.09. The summed E-state index contributed by atoms with van der Waals surface area (Å²) in [5.41, 5.74) is 1.25. The van der Waals surface area contributed by atoms with E-state index in [1.165, 1.54) is 41.6 Å². The fourth-order valence-electron chi connectivity index (χ4n) is 5.09. The lowest BCUT2D eigenvalue weighted by Gasteiger charge is -2.22.